The van der Waals surface area contributed by atoms with Gasteiger partial charge in [-0.15, -0.1) is 0 Å². The van der Waals surface area contributed by atoms with Crippen molar-refractivity contribution in [3.8, 4) is 5.75 Å². The Balaban J connectivity index is 1.74. The molecule has 2 N–H and O–H groups in total. The van der Waals surface area contributed by atoms with Crippen LogP contribution in [0.3, 0.4) is 0 Å². The van der Waals surface area contributed by atoms with Gasteiger partial charge in [0.2, 0.25) is 10.0 Å². The number of esters is 1. The minimum Gasteiger partial charge on any atom is -0.421 e. The number of hydrogen-bond acceptors (Lipinski definition) is 7. The monoisotopic (exact) mass is 529 g/mol. The number of ether oxygens (including phenoxy) is 1. The van der Waals surface area contributed by atoms with E-state index in [1.54, 1.807) is 48.5 Å². The zero-order valence-electron chi connectivity index (χ0n) is 19.4. The van der Waals surface area contributed by atoms with E-state index in [4.69, 9.17) is 4.74 Å². The largest absolute Gasteiger partial charge is 0.421 e. The van der Waals surface area contributed by atoms with Gasteiger partial charge in [0, 0.05) is 0 Å². The fourth-order valence-electron chi connectivity index (χ4n) is 3.71. The van der Waals surface area contributed by atoms with Crippen LogP contribution >= 0.6 is 0 Å². The molecule has 1 aliphatic rings. The van der Waals surface area contributed by atoms with Crippen LogP contribution in [0.25, 0.3) is 0 Å². The van der Waals surface area contributed by atoms with Crippen molar-refractivity contribution in [1.82, 2.24) is 4.72 Å². The average molecular weight is 530 g/mol. The van der Waals surface area contributed by atoms with Gasteiger partial charge in [0.15, 0.2) is 5.75 Å². The van der Waals surface area contributed by atoms with Crippen molar-refractivity contribution in [2.24, 2.45) is 0 Å². The summed E-state index contributed by atoms with van der Waals surface area (Å²) in [6.07, 6.45) is 1.30. The molecule has 0 radical (unpaired) electrons. The van der Waals surface area contributed by atoms with E-state index in [2.05, 4.69) is 4.72 Å². The second-order valence-electron chi connectivity index (χ2n) is 8.31. The lowest BCUT2D eigenvalue weighted by Crippen LogP contribution is -2.30. The van der Waals surface area contributed by atoms with E-state index in [1.807, 2.05) is 17.7 Å². The first kappa shape index (κ1) is 25.2. The molecular formula is C24H23N3O7S2. The lowest BCUT2D eigenvalue weighted by molar-refractivity contribution is -0.117. The number of anilines is 2. The fourth-order valence-corrected chi connectivity index (χ4v) is 5.46. The molecule has 0 atom stereocenters. The molecule has 1 saturated heterocycles. The molecule has 4 rings (SSSR count). The topological polar surface area (TPSA) is 139 Å². The second-order valence-corrected chi connectivity index (χ2v) is 11.6. The number of hydrogen-bond donors (Lipinski definition) is 2. The van der Waals surface area contributed by atoms with E-state index >= 15 is 0 Å². The number of benzene rings is 3. The molecule has 0 spiro atoms. The van der Waals surface area contributed by atoms with Crippen molar-refractivity contribution < 1.29 is 31.2 Å². The number of nitrogens with zero attached hydrogens (tertiary/aromatic N) is 1. The third-order valence-electron chi connectivity index (χ3n) is 5.28. The number of carbonyl (C=O) groups excluding carboxylic acids is 2. The summed E-state index contributed by atoms with van der Waals surface area (Å²) in [5, 5.41) is 0. The summed E-state index contributed by atoms with van der Waals surface area (Å²) >= 11 is 0. The Hall–Kier alpha value is -3.90. The maximum absolute atomic E-state index is 12.8. The summed E-state index contributed by atoms with van der Waals surface area (Å²) in [5.74, 6) is -1.48. The third kappa shape index (κ3) is 5.83. The molecule has 0 aromatic heterocycles. The molecule has 0 aliphatic carbocycles. The van der Waals surface area contributed by atoms with Crippen LogP contribution in [0.15, 0.2) is 66.7 Å². The highest BCUT2D eigenvalue weighted by atomic mass is 32.2. The molecule has 0 saturated carbocycles. The van der Waals surface area contributed by atoms with Crippen LogP contribution in [-0.4, -0.2) is 41.5 Å². The lowest BCUT2D eigenvalue weighted by atomic mass is 10.0. The molecule has 1 fully saturated rings. The molecule has 3 aromatic carbocycles. The Bertz CT molecular complexity index is 1550. The zero-order chi connectivity index (χ0) is 26.1. The van der Waals surface area contributed by atoms with Gasteiger partial charge in [-0.2, -0.15) is 8.42 Å². The van der Waals surface area contributed by atoms with E-state index in [1.165, 1.54) is 12.1 Å². The Morgan fingerprint density at radius 2 is 1.81 bits per heavy atom. The van der Waals surface area contributed by atoms with Crippen molar-refractivity contribution in [1.29, 1.82) is 0 Å². The molecule has 12 heteroatoms. The SMILES string of the molecule is Cc1ccc(Cc2ccc(N3CC(=O)NS3(=O)=O)c(OC(=O)c3ccccc3)c2)c(NS(C)(=O)=O)c1. The van der Waals surface area contributed by atoms with Crippen LogP contribution in [0.2, 0.25) is 0 Å². The standard InChI is InChI=1S/C24H23N3O7S2/c1-16-8-10-19(20(12-16)25-35(2,30)31)13-17-9-11-21(27-15-23(28)26-36(27,32)33)22(14-17)34-24(29)18-6-4-3-5-7-18/h3-12,14,25H,13,15H2,1-2H3,(H,26,28). The predicted molar refractivity (Wildman–Crippen MR) is 135 cm³/mol. The van der Waals surface area contributed by atoms with Crippen molar-refractivity contribution in [2.75, 3.05) is 21.8 Å². The smallest absolute Gasteiger partial charge is 0.343 e. The van der Waals surface area contributed by atoms with Gasteiger partial charge in [0.05, 0.1) is 23.2 Å². The van der Waals surface area contributed by atoms with Gasteiger partial charge in [-0.05, 0) is 60.4 Å². The van der Waals surface area contributed by atoms with Crippen LogP contribution in [0.5, 0.6) is 5.75 Å². The van der Waals surface area contributed by atoms with Gasteiger partial charge in [0.25, 0.3) is 5.91 Å². The van der Waals surface area contributed by atoms with Crippen molar-refractivity contribution in [3.05, 3.63) is 89.0 Å². The van der Waals surface area contributed by atoms with Crippen molar-refractivity contribution in [2.45, 2.75) is 13.3 Å². The number of aryl methyl sites for hydroxylation is 1. The number of nitrogens with one attached hydrogen (secondary N) is 2. The Morgan fingerprint density at radius 3 is 2.44 bits per heavy atom. The highest BCUT2D eigenvalue weighted by Crippen LogP contribution is 2.34. The maximum atomic E-state index is 12.8. The van der Waals surface area contributed by atoms with Crippen LogP contribution in [0, 0.1) is 6.92 Å². The number of sulfonamides is 1. The predicted octanol–water partition coefficient (Wildman–Crippen LogP) is 2.36. The minimum absolute atomic E-state index is 0.0137. The quantitative estimate of drug-likeness (QED) is 0.354. The highest BCUT2D eigenvalue weighted by molar-refractivity contribution is 7.92. The van der Waals surface area contributed by atoms with E-state index in [0.717, 1.165) is 16.1 Å². The van der Waals surface area contributed by atoms with E-state index in [-0.39, 0.29) is 23.4 Å². The first-order chi connectivity index (χ1) is 16.9. The van der Waals surface area contributed by atoms with Crippen LogP contribution < -0.4 is 18.5 Å². The average Bonchev–Trinajstić information content (AvgIpc) is 3.07. The molecule has 0 unspecified atom stereocenters. The highest BCUT2D eigenvalue weighted by Gasteiger charge is 2.36. The van der Waals surface area contributed by atoms with Gasteiger partial charge in [-0.1, -0.05) is 36.4 Å². The molecular weight excluding hydrogens is 506 g/mol. The number of amides is 1. The summed E-state index contributed by atoms with van der Waals surface area (Å²) in [6.45, 7) is 1.37. The minimum atomic E-state index is -4.15. The van der Waals surface area contributed by atoms with Crippen molar-refractivity contribution in [3.63, 3.8) is 0 Å². The van der Waals surface area contributed by atoms with Gasteiger partial charge >= 0.3 is 16.2 Å². The second kappa shape index (κ2) is 9.63. The number of carbonyl (C=O) groups is 2. The summed E-state index contributed by atoms with van der Waals surface area (Å²) < 4.78 is 59.4. The van der Waals surface area contributed by atoms with E-state index in [0.29, 0.717) is 16.8 Å². The molecule has 1 aliphatic heterocycles. The summed E-state index contributed by atoms with van der Waals surface area (Å²) in [7, 11) is -7.68. The molecule has 3 aromatic rings. The Morgan fingerprint density at radius 1 is 1.08 bits per heavy atom. The molecule has 0 bridgehead atoms. The summed E-state index contributed by atoms with van der Waals surface area (Å²) in [5.41, 5.74) is 2.80. The lowest BCUT2D eigenvalue weighted by Gasteiger charge is -2.19. The first-order valence-corrected chi connectivity index (χ1v) is 14.1. The molecule has 1 heterocycles. The van der Waals surface area contributed by atoms with Crippen LogP contribution in [-0.2, 0) is 31.4 Å². The summed E-state index contributed by atoms with van der Waals surface area (Å²) in [6, 6.07) is 18.0. The third-order valence-corrected chi connectivity index (χ3v) is 7.26. The zero-order valence-corrected chi connectivity index (χ0v) is 21.0. The summed E-state index contributed by atoms with van der Waals surface area (Å²) in [4.78, 5) is 24.6. The van der Waals surface area contributed by atoms with Gasteiger partial charge in [0.1, 0.15) is 6.54 Å². The Kier molecular flexibility index (Phi) is 6.74. The maximum Gasteiger partial charge on any atom is 0.343 e. The van der Waals surface area contributed by atoms with Crippen LogP contribution in [0.4, 0.5) is 11.4 Å². The fraction of sp³-hybridized carbons (Fsp3) is 0.167. The number of rotatable bonds is 7. The first-order valence-electron chi connectivity index (χ1n) is 10.7. The molecule has 10 nitrogen and oxygen atoms in total. The van der Waals surface area contributed by atoms with Crippen molar-refractivity contribution >= 4 is 43.5 Å². The van der Waals surface area contributed by atoms with Gasteiger partial charge in [-0.3, -0.25) is 9.52 Å². The molecule has 188 valence electrons. The van der Waals surface area contributed by atoms with Gasteiger partial charge < -0.3 is 4.74 Å². The van der Waals surface area contributed by atoms with Gasteiger partial charge in [-0.25, -0.2) is 22.2 Å². The van der Waals surface area contributed by atoms with Crippen LogP contribution in [0.1, 0.15) is 27.0 Å². The Labute approximate surface area is 209 Å². The molecule has 1 amide bonds. The molecule has 36 heavy (non-hydrogen) atoms. The van der Waals surface area contributed by atoms with E-state index < -0.39 is 38.7 Å². The van der Waals surface area contributed by atoms with E-state index in [9.17, 15) is 26.4 Å². The normalized spacial score (nSPS) is 14.8.